The average molecular weight is 465 g/mol. The average Bonchev–Trinajstić information content (AvgIpc) is 2.54. The third-order valence-corrected chi connectivity index (χ3v) is 4.11. The van der Waals surface area contributed by atoms with Gasteiger partial charge in [-0.25, -0.2) is 4.39 Å². The molecule has 1 aromatic rings. The molecule has 142 valence electrons. The maximum atomic E-state index is 13.8. The molecule has 0 saturated heterocycles. The van der Waals surface area contributed by atoms with Gasteiger partial charge in [0, 0.05) is 24.7 Å². The second kappa shape index (κ2) is 10.8. The number of nitrogens with zero attached hydrogens (tertiary/aromatic N) is 1. The summed E-state index contributed by atoms with van der Waals surface area (Å²) in [4.78, 5) is 4.59. The topological polar surface area (TPSA) is 54.9 Å². The fourth-order valence-corrected chi connectivity index (χ4v) is 2.43. The third-order valence-electron chi connectivity index (χ3n) is 4.11. The normalized spacial score (nSPS) is 15.0. The molecule has 0 aromatic heterocycles. The summed E-state index contributed by atoms with van der Waals surface area (Å²) < 4.78 is 24.5. The van der Waals surface area contributed by atoms with Gasteiger partial charge in [0.1, 0.15) is 11.6 Å². The molecule has 1 atom stereocenters. The largest absolute Gasteiger partial charge is 0.467 e. The Bertz CT molecular complexity index is 582. The van der Waals surface area contributed by atoms with Gasteiger partial charge in [-0.1, -0.05) is 13.8 Å². The van der Waals surface area contributed by atoms with E-state index in [9.17, 15) is 4.39 Å². The quantitative estimate of drug-likeness (QED) is 0.384. The zero-order valence-electron chi connectivity index (χ0n) is 15.4. The highest BCUT2D eigenvalue weighted by atomic mass is 127. The first-order valence-electron chi connectivity index (χ1n) is 8.58. The van der Waals surface area contributed by atoms with Crippen molar-refractivity contribution in [3.63, 3.8) is 0 Å². The SMILES string of the molecule is CCNC(=NCCc1cc(F)cc2c1OCOC2)NC(C)C(C)C.I. The molecule has 7 heteroatoms. The summed E-state index contributed by atoms with van der Waals surface area (Å²) in [6, 6.07) is 3.32. The van der Waals surface area contributed by atoms with Gasteiger partial charge in [-0.2, -0.15) is 0 Å². The number of hydrogen-bond donors (Lipinski definition) is 2. The number of hydrogen-bond acceptors (Lipinski definition) is 3. The van der Waals surface area contributed by atoms with Gasteiger partial charge in [0.15, 0.2) is 12.8 Å². The molecule has 1 aliphatic heterocycles. The summed E-state index contributed by atoms with van der Waals surface area (Å²) in [6.07, 6.45) is 0.618. The zero-order chi connectivity index (χ0) is 17.5. The van der Waals surface area contributed by atoms with Gasteiger partial charge in [0.25, 0.3) is 0 Å². The molecule has 5 nitrogen and oxygen atoms in total. The summed E-state index contributed by atoms with van der Waals surface area (Å²) in [5.74, 6) is 1.78. The first-order valence-corrected chi connectivity index (χ1v) is 8.58. The summed E-state index contributed by atoms with van der Waals surface area (Å²) in [6.45, 7) is 10.5. The monoisotopic (exact) mass is 465 g/mol. The maximum absolute atomic E-state index is 13.8. The van der Waals surface area contributed by atoms with Crippen molar-refractivity contribution in [2.75, 3.05) is 19.9 Å². The van der Waals surface area contributed by atoms with Crippen LogP contribution < -0.4 is 15.4 Å². The Kier molecular flexibility index (Phi) is 9.48. The number of guanidine groups is 1. The van der Waals surface area contributed by atoms with Crippen LogP contribution in [0.3, 0.4) is 0 Å². The van der Waals surface area contributed by atoms with Crippen molar-refractivity contribution in [3.8, 4) is 5.75 Å². The van der Waals surface area contributed by atoms with Gasteiger partial charge < -0.3 is 20.1 Å². The molecule has 0 aliphatic carbocycles. The second-order valence-corrected chi connectivity index (χ2v) is 6.35. The van der Waals surface area contributed by atoms with Crippen molar-refractivity contribution in [2.45, 2.75) is 46.8 Å². The van der Waals surface area contributed by atoms with Crippen molar-refractivity contribution in [1.29, 1.82) is 0 Å². The molecule has 2 N–H and O–H groups in total. The number of nitrogens with one attached hydrogen (secondary N) is 2. The van der Waals surface area contributed by atoms with Crippen LogP contribution in [-0.2, 0) is 17.8 Å². The lowest BCUT2D eigenvalue weighted by Gasteiger charge is -2.21. The van der Waals surface area contributed by atoms with E-state index in [2.05, 4.69) is 36.4 Å². The van der Waals surface area contributed by atoms with Crippen molar-refractivity contribution in [3.05, 3.63) is 29.1 Å². The van der Waals surface area contributed by atoms with Gasteiger partial charge in [-0.3, -0.25) is 4.99 Å². The van der Waals surface area contributed by atoms with E-state index < -0.39 is 0 Å². The van der Waals surface area contributed by atoms with Crippen LogP contribution >= 0.6 is 24.0 Å². The number of fused-ring (bicyclic) bond motifs is 1. The van der Waals surface area contributed by atoms with Crippen molar-refractivity contribution in [1.82, 2.24) is 10.6 Å². The summed E-state index contributed by atoms with van der Waals surface area (Å²) >= 11 is 0. The Morgan fingerprint density at radius 1 is 1.32 bits per heavy atom. The van der Waals surface area contributed by atoms with Gasteiger partial charge in [0.2, 0.25) is 0 Å². The van der Waals surface area contributed by atoms with Gasteiger partial charge >= 0.3 is 0 Å². The summed E-state index contributed by atoms with van der Waals surface area (Å²) in [7, 11) is 0. The molecular weight excluding hydrogens is 436 g/mol. The predicted molar refractivity (Wildman–Crippen MR) is 109 cm³/mol. The van der Waals surface area contributed by atoms with Gasteiger partial charge in [-0.05, 0) is 43.9 Å². The zero-order valence-corrected chi connectivity index (χ0v) is 17.7. The summed E-state index contributed by atoms with van der Waals surface area (Å²) in [5, 5.41) is 6.63. The molecule has 1 unspecified atom stereocenters. The second-order valence-electron chi connectivity index (χ2n) is 6.35. The fourth-order valence-electron chi connectivity index (χ4n) is 2.43. The molecule has 0 bridgehead atoms. The molecule has 1 aliphatic rings. The highest BCUT2D eigenvalue weighted by Gasteiger charge is 2.16. The minimum Gasteiger partial charge on any atom is -0.467 e. The van der Waals surface area contributed by atoms with Crippen LogP contribution in [0.15, 0.2) is 17.1 Å². The fraction of sp³-hybridized carbons (Fsp3) is 0.611. The molecule has 0 radical (unpaired) electrons. The molecule has 2 rings (SSSR count). The Labute approximate surface area is 166 Å². The lowest BCUT2D eigenvalue weighted by Crippen LogP contribution is -2.44. The molecule has 0 amide bonds. The molecular formula is C18H29FIN3O2. The highest BCUT2D eigenvalue weighted by molar-refractivity contribution is 14.0. The van der Waals surface area contributed by atoms with Crippen LogP contribution in [0.4, 0.5) is 4.39 Å². The van der Waals surface area contributed by atoms with Gasteiger partial charge in [-0.15, -0.1) is 24.0 Å². The molecule has 25 heavy (non-hydrogen) atoms. The standard InChI is InChI=1S/C18H28FN3O2.HI/c1-5-20-18(22-13(4)12(2)3)21-7-6-14-8-16(19)9-15-10-23-11-24-17(14)15;/h8-9,12-13H,5-7,10-11H2,1-4H3,(H2,20,21,22);1H. The lowest BCUT2D eigenvalue weighted by atomic mass is 10.1. The summed E-state index contributed by atoms with van der Waals surface area (Å²) in [5.41, 5.74) is 1.60. The van der Waals surface area contributed by atoms with E-state index in [1.165, 1.54) is 12.1 Å². The number of rotatable bonds is 6. The molecule has 0 spiro atoms. The third kappa shape index (κ3) is 6.62. The molecule has 0 saturated carbocycles. The van der Waals surface area contributed by atoms with E-state index in [4.69, 9.17) is 9.47 Å². The smallest absolute Gasteiger partial charge is 0.191 e. The Hall–Kier alpha value is -1.09. The van der Waals surface area contributed by atoms with Crippen LogP contribution in [0.1, 0.15) is 38.8 Å². The van der Waals surface area contributed by atoms with Crippen molar-refractivity contribution in [2.24, 2.45) is 10.9 Å². The van der Waals surface area contributed by atoms with Crippen molar-refractivity contribution < 1.29 is 13.9 Å². The van der Waals surface area contributed by atoms with Crippen LogP contribution in [0, 0.1) is 11.7 Å². The van der Waals surface area contributed by atoms with E-state index in [0.717, 1.165) is 29.4 Å². The van der Waals surface area contributed by atoms with E-state index in [1.807, 2.05) is 6.92 Å². The van der Waals surface area contributed by atoms with Crippen LogP contribution in [0.25, 0.3) is 0 Å². The molecule has 1 aromatic carbocycles. The van der Waals surface area contributed by atoms with E-state index >= 15 is 0 Å². The van der Waals surface area contributed by atoms with Crippen LogP contribution in [-0.4, -0.2) is 31.9 Å². The number of benzene rings is 1. The minimum atomic E-state index is -0.264. The Balaban J connectivity index is 0.00000312. The molecule has 0 fully saturated rings. The Morgan fingerprint density at radius 2 is 2.08 bits per heavy atom. The van der Waals surface area contributed by atoms with Crippen LogP contribution in [0.2, 0.25) is 0 Å². The maximum Gasteiger partial charge on any atom is 0.191 e. The lowest BCUT2D eigenvalue weighted by molar-refractivity contribution is -0.0172. The highest BCUT2D eigenvalue weighted by Crippen LogP contribution is 2.29. The van der Waals surface area contributed by atoms with E-state index in [0.29, 0.717) is 31.5 Å². The van der Waals surface area contributed by atoms with Crippen LogP contribution in [0.5, 0.6) is 5.75 Å². The number of ether oxygens (including phenoxy) is 2. The Morgan fingerprint density at radius 3 is 2.76 bits per heavy atom. The first kappa shape index (κ1) is 22.0. The predicted octanol–water partition coefficient (Wildman–Crippen LogP) is 3.45. The van der Waals surface area contributed by atoms with Gasteiger partial charge in [0.05, 0.1) is 6.61 Å². The number of aliphatic imine (C=N–C) groups is 1. The number of halogens is 2. The minimum absolute atomic E-state index is 0. The van der Waals surface area contributed by atoms with Crippen molar-refractivity contribution >= 4 is 29.9 Å². The molecule has 1 heterocycles. The van der Waals surface area contributed by atoms with E-state index in [1.54, 1.807) is 0 Å². The first-order chi connectivity index (χ1) is 11.5. The van der Waals surface area contributed by atoms with E-state index in [-0.39, 0.29) is 36.6 Å².